The molecule has 0 fully saturated rings. The second-order valence-corrected chi connectivity index (χ2v) is 19.1. The number of hydrogen-bond acceptors (Lipinski definition) is 1. The van der Waals surface area contributed by atoms with Gasteiger partial charge in [0.1, 0.15) is 0 Å². The van der Waals surface area contributed by atoms with Crippen molar-refractivity contribution < 1.29 is 0 Å². The normalized spacial score (nSPS) is 11.2. The molecule has 0 aliphatic heterocycles. The number of benzene rings is 13. The third-order valence-electron chi connectivity index (χ3n) is 14.6. The molecule has 0 unspecified atom stereocenters. The fraction of sp³-hybridized carbons (Fsp3) is 0. The molecule has 0 saturated heterocycles. The van der Waals surface area contributed by atoms with Gasteiger partial charge in [-0.3, -0.25) is 0 Å². The zero-order valence-corrected chi connectivity index (χ0v) is 41.4. The summed E-state index contributed by atoms with van der Waals surface area (Å²) < 4.78 is 0. The van der Waals surface area contributed by atoms with Crippen LogP contribution in [0.2, 0.25) is 0 Å². The van der Waals surface area contributed by atoms with Crippen molar-refractivity contribution >= 4 is 38.6 Å². The van der Waals surface area contributed by atoms with Gasteiger partial charge in [0.05, 0.1) is 5.69 Å². The van der Waals surface area contributed by atoms with Gasteiger partial charge in [0.25, 0.3) is 0 Å². The number of hydrogen-bond donors (Lipinski definition) is 0. The Hall–Kier alpha value is -9.82. The predicted octanol–water partition coefficient (Wildman–Crippen LogP) is 20.8. The van der Waals surface area contributed by atoms with E-state index in [1.54, 1.807) is 0 Å². The van der Waals surface area contributed by atoms with Gasteiger partial charge in [-0.25, -0.2) is 0 Å². The highest BCUT2D eigenvalue weighted by molar-refractivity contribution is 6.22. The average Bonchev–Trinajstić information content (AvgIpc) is 3.50. The molecule has 13 aromatic carbocycles. The van der Waals surface area contributed by atoms with E-state index in [0.717, 1.165) is 56.0 Å². The van der Waals surface area contributed by atoms with Crippen molar-refractivity contribution in [1.82, 2.24) is 0 Å². The summed E-state index contributed by atoms with van der Waals surface area (Å²) in [6, 6.07) is 113. The van der Waals surface area contributed by atoms with Crippen LogP contribution in [0.15, 0.2) is 309 Å². The lowest BCUT2D eigenvalue weighted by molar-refractivity contribution is 1.28. The van der Waals surface area contributed by atoms with Gasteiger partial charge < -0.3 is 4.90 Å². The number of rotatable bonds is 11. The summed E-state index contributed by atoms with van der Waals surface area (Å²) in [4.78, 5) is 2.47. The minimum Gasteiger partial charge on any atom is -0.310 e. The standard InChI is InChI=1S/C74H51N/c1-7-24-52(25-8-1)60-48-61(53-26-9-2-10-27-53)50-63(49-60)75(62-45-42-55(43-46-62)66-40-23-39-65(54-28-11-3-12-29-54)72(66)56-30-13-4-14-31-56)71-41-22-21-36-64(71)59-44-47-68-67-37-19-20-38-69(67)73(57-32-15-5-16-33-57)74(70(68)51-59)58-34-17-6-18-35-58/h1-51H. The maximum Gasteiger partial charge on any atom is 0.0540 e. The molecule has 75 heavy (non-hydrogen) atoms. The maximum atomic E-state index is 2.47. The van der Waals surface area contributed by atoms with Gasteiger partial charge in [-0.15, -0.1) is 0 Å². The summed E-state index contributed by atoms with van der Waals surface area (Å²) in [6.07, 6.45) is 0. The van der Waals surface area contributed by atoms with E-state index < -0.39 is 0 Å². The SMILES string of the molecule is c1ccc(-c2cc(-c3ccccc3)cc(N(c3ccc(-c4cccc(-c5ccccc5)c4-c4ccccc4)cc3)c3ccccc3-c3ccc4c(c3)c(-c3ccccc3)c(-c3ccccc3)c3ccccc34)c2)cc1. The first-order valence-electron chi connectivity index (χ1n) is 25.8. The van der Waals surface area contributed by atoms with Gasteiger partial charge in [0.15, 0.2) is 0 Å². The highest BCUT2D eigenvalue weighted by atomic mass is 15.1. The summed E-state index contributed by atoms with van der Waals surface area (Å²) in [5.41, 5.74) is 22.1. The lowest BCUT2D eigenvalue weighted by atomic mass is 9.84. The Morgan fingerprint density at radius 2 is 0.560 bits per heavy atom. The first kappa shape index (κ1) is 45.1. The Kier molecular flexibility index (Phi) is 12.0. The third kappa shape index (κ3) is 8.67. The largest absolute Gasteiger partial charge is 0.310 e. The number of fused-ring (bicyclic) bond motifs is 3. The summed E-state index contributed by atoms with van der Waals surface area (Å²) in [5, 5.41) is 4.93. The Morgan fingerprint density at radius 1 is 0.173 bits per heavy atom. The molecule has 0 saturated carbocycles. The first-order valence-corrected chi connectivity index (χ1v) is 25.8. The lowest BCUT2D eigenvalue weighted by Gasteiger charge is -2.29. The highest BCUT2D eigenvalue weighted by Gasteiger charge is 2.23. The molecular formula is C74H51N. The third-order valence-corrected chi connectivity index (χ3v) is 14.6. The van der Waals surface area contributed by atoms with E-state index in [1.807, 2.05) is 0 Å². The van der Waals surface area contributed by atoms with Crippen molar-refractivity contribution in [2.45, 2.75) is 0 Å². The zero-order valence-electron chi connectivity index (χ0n) is 41.4. The van der Waals surface area contributed by atoms with Gasteiger partial charge in [0.2, 0.25) is 0 Å². The molecule has 1 nitrogen and oxygen atoms in total. The molecule has 13 aromatic rings. The Balaban J connectivity index is 1.04. The molecule has 0 spiro atoms. The van der Waals surface area contributed by atoms with Crippen LogP contribution in [0.25, 0.3) is 111 Å². The smallest absolute Gasteiger partial charge is 0.0540 e. The zero-order chi connectivity index (χ0) is 49.9. The second kappa shape index (κ2) is 20.0. The average molecular weight is 954 g/mol. The quantitative estimate of drug-likeness (QED) is 0.117. The summed E-state index contributed by atoms with van der Waals surface area (Å²) in [7, 11) is 0. The van der Waals surface area contributed by atoms with Gasteiger partial charge in [-0.05, 0) is 147 Å². The van der Waals surface area contributed by atoms with Gasteiger partial charge in [0, 0.05) is 16.9 Å². The minimum atomic E-state index is 1.05. The molecule has 13 rings (SSSR count). The Morgan fingerprint density at radius 3 is 1.11 bits per heavy atom. The first-order chi connectivity index (χ1) is 37.2. The Labute approximate surface area is 439 Å². The molecule has 352 valence electrons. The Bertz CT molecular complexity index is 4060. The van der Waals surface area contributed by atoms with Crippen LogP contribution in [0.1, 0.15) is 0 Å². The van der Waals surface area contributed by atoms with Crippen LogP contribution in [0.3, 0.4) is 0 Å². The van der Waals surface area contributed by atoms with Crippen LogP contribution < -0.4 is 4.90 Å². The molecule has 0 aliphatic rings. The fourth-order valence-corrected chi connectivity index (χ4v) is 11.2. The summed E-state index contributed by atoms with van der Waals surface area (Å²) in [6.45, 7) is 0. The van der Waals surface area contributed by atoms with Crippen LogP contribution in [0, 0.1) is 0 Å². The van der Waals surface area contributed by atoms with Gasteiger partial charge in [-0.1, -0.05) is 267 Å². The molecule has 0 heterocycles. The van der Waals surface area contributed by atoms with Crippen LogP contribution in [0.4, 0.5) is 17.1 Å². The van der Waals surface area contributed by atoms with Crippen molar-refractivity contribution in [3.63, 3.8) is 0 Å². The molecule has 0 atom stereocenters. The molecule has 1 heteroatoms. The van der Waals surface area contributed by atoms with Gasteiger partial charge in [-0.2, -0.15) is 0 Å². The van der Waals surface area contributed by atoms with Crippen molar-refractivity contribution in [2.24, 2.45) is 0 Å². The van der Waals surface area contributed by atoms with Crippen LogP contribution in [0.5, 0.6) is 0 Å². The van der Waals surface area contributed by atoms with E-state index in [4.69, 9.17) is 0 Å². The molecule has 0 N–H and O–H groups in total. The number of nitrogens with zero attached hydrogens (tertiary/aromatic N) is 1. The van der Waals surface area contributed by atoms with E-state index in [9.17, 15) is 0 Å². The van der Waals surface area contributed by atoms with E-state index in [0.29, 0.717) is 0 Å². The highest BCUT2D eigenvalue weighted by Crippen LogP contribution is 2.49. The van der Waals surface area contributed by atoms with Crippen molar-refractivity contribution in [3.05, 3.63) is 309 Å². The topological polar surface area (TPSA) is 3.24 Å². The fourth-order valence-electron chi connectivity index (χ4n) is 11.2. The van der Waals surface area contributed by atoms with Gasteiger partial charge >= 0.3 is 0 Å². The van der Waals surface area contributed by atoms with Crippen molar-refractivity contribution in [3.8, 4) is 89.0 Å². The lowest BCUT2D eigenvalue weighted by Crippen LogP contribution is -2.11. The number of anilines is 3. The van der Waals surface area contributed by atoms with E-state index in [-0.39, 0.29) is 0 Å². The van der Waals surface area contributed by atoms with Crippen molar-refractivity contribution in [2.75, 3.05) is 4.90 Å². The van der Waals surface area contributed by atoms with Crippen LogP contribution in [-0.2, 0) is 0 Å². The molecule has 0 amide bonds. The number of para-hydroxylation sites is 1. The molecular weight excluding hydrogens is 903 g/mol. The second-order valence-electron chi connectivity index (χ2n) is 19.1. The molecule has 0 aliphatic carbocycles. The molecule has 0 aromatic heterocycles. The summed E-state index contributed by atoms with van der Waals surface area (Å²) >= 11 is 0. The summed E-state index contributed by atoms with van der Waals surface area (Å²) in [5.74, 6) is 0. The van der Waals surface area contributed by atoms with E-state index in [1.165, 1.54) is 71.6 Å². The van der Waals surface area contributed by atoms with Crippen LogP contribution in [-0.4, -0.2) is 0 Å². The monoisotopic (exact) mass is 953 g/mol. The van der Waals surface area contributed by atoms with E-state index >= 15 is 0 Å². The maximum absolute atomic E-state index is 2.47. The van der Waals surface area contributed by atoms with Crippen LogP contribution >= 0.6 is 0 Å². The predicted molar refractivity (Wildman–Crippen MR) is 320 cm³/mol. The molecule has 0 radical (unpaired) electrons. The van der Waals surface area contributed by atoms with E-state index in [2.05, 4.69) is 314 Å². The minimum absolute atomic E-state index is 1.05. The molecule has 0 bridgehead atoms. The van der Waals surface area contributed by atoms with Crippen molar-refractivity contribution in [1.29, 1.82) is 0 Å².